The molecule has 2 unspecified atom stereocenters. The molecule has 2 atom stereocenters. The molecule has 1 aromatic rings. The number of carbonyl (C=O) groups is 1. The summed E-state index contributed by atoms with van der Waals surface area (Å²) < 4.78 is 1.90. The van der Waals surface area contributed by atoms with Crippen molar-refractivity contribution in [1.82, 2.24) is 9.47 Å². The van der Waals surface area contributed by atoms with E-state index in [0.29, 0.717) is 10.7 Å². The number of hydrogen-bond donors (Lipinski definition) is 1. The average molecular weight is 299 g/mol. The predicted octanol–water partition coefficient (Wildman–Crippen LogP) is 2.93. The van der Waals surface area contributed by atoms with Gasteiger partial charge in [-0.25, -0.2) is 0 Å². The van der Waals surface area contributed by atoms with Gasteiger partial charge < -0.3 is 14.6 Å². The number of nitrogens with zero attached hydrogens (tertiary/aromatic N) is 2. The topological polar surface area (TPSA) is 45.5 Å². The van der Waals surface area contributed by atoms with Crippen molar-refractivity contribution < 1.29 is 9.90 Å². The summed E-state index contributed by atoms with van der Waals surface area (Å²) in [6, 6.07) is 1.63. The maximum absolute atomic E-state index is 12.6. The molecule has 0 aromatic carbocycles. The normalized spacial score (nSPS) is 22.8. The minimum Gasteiger partial charge on any atom is -0.391 e. The number of aryl methyl sites for hydroxylation is 1. The highest BCUT2D eigenvalue weighted by Gasteiger charge is 2.30. The van der Waals surface area contributed by atoms with Gasteiger partial charge in [0.2, 0.25) is 0 Å². The molecule has 1 amide bonds. The standard InChI is InChI=1S/C15H23ClN2O2/c1-3-8-18-10-11(16)9-13(18)15(20)17(2)12-6-4-5-7-14(12)19/h9-10,12,14,19H,3-8H2,1-2H3. The molecule has 0 saturated heterocycles. The Kier molecular flexibility index (Phi) is 5.11. The number of halogens is 1. The van der Waals surface area contributed by atoms with Gasteiger partial charge >= 0.3 is 0 Å². The highest BCUT2D eigenvalue weighted by atomic mass is 35.5. The van der Waals surface area contributed by atoms with Crippen LogP contribution >= 0.6 is 11.6 Å². The van der Waals surface area contributed by atoms with Crippen molar-refractivity contribution in [3.8, 4) is 0 Å². The van der Waals surface area contributed by atoms with Gasteiger partial charge in [-0.2, -0.15) is 0 Å². The number of hydrogen-bond acceptors (Lipinski definition) is 2. The first-order valence-corrected chi connectivity index (χ1v) is 7.73. The molecule has 1 aliphatic carbocycles. The zero-order valence-corrected chi connectivity index (χ0v) is 12.9. The van der Waals surface area contributed by atoms with Crippen LogP contribution in [0.4, 0.5) is 0 Å². The van der Waals surface area contributed by atoms with Crippen LogP contribution in [0.15, 0.2) is 12.3 Å². The van der Waals surface area contributed by atoms with Gasteiger partial charge in [0.15, 0.2) is 0 Å². The molecule has 2 rings (SSSR count). The number of likely N-dealkylation sites (N-methyl/N-ethyl adjacent to an activating group) is 1. The molecular formula is C15H23ClN2O2. The fourth-order valence-corrected chi connectivity index (χ4v) is 3.18. The van der Waals surface area contributed by atoms with Gasteiger partial charge in [0, 0.05) is 19.8 Å². The average Bonchev–Trinajstić information content (AvgIpc) is 2.79. The van der Waals surface area contributed by atoms with Gasteiger partial charge in [0.25, 0.3) is 5.91 Å². The fourth-order valence-electron chi connectivity index (χ4n) is 2.95. The minimum atomic E-state index is -0.414. The van der Waals surface area contributed by atoms with Gasteiger partial charge in [0.05, 0.1) is 17.2 Å². The lowest BCUT2D eigenvalue weighted by Crippen LogP contribution is -2.46. The molecule has 1 heterocycles. The van der Waals surface area contributed by atoms with Crippen LogP contribution in [0.1, 0.15) is 49.5 Å². The maximum atomic E-state index is 12.6. The van der Waals surface area contributed by atoms with E-state index in [2.05, 4.69) is 6.92 Å². The second-order valence-corrected chi connectivity index (χ2v) is 6.01. The van der Waals surface area contributed by atoms with Crippen molar-refractivity contribution >= 4 is 17.5 Å². The van der Waals surface area contributed by atoms with E-state index in [0.717, 1.165) is 38.6 Å². The number of amides is 1. The van der Waals surface area contributed by atoms with Crippen molar-refractivity contribution in [3.63, 3.8) is 0 Å². The van der Waals surface area contributed by atoms with Crippen LogP contribution in [0.2, 0.25) is 5.02 Å². The Morgan fingerprint density at radius 2 is 2.20 bits per heavy atom. The predicted molar refractivity (Wildman–Crippen MR) is 80.1 cm³/mol. The molecule has 0 bridgehead atoms. The quantitative estimate of drug-likeness (QED) is 0.929. The summed E-state index contributed by atoms with van der Waals surface area (Å²) in [7, 11) is 1.78. The molecule has 20 heavy (non-hydrogen) atoms. The lowest BCUT2D eigenvalue weighted by Gasteiger charge is -2.35. The first-order chi connectivity index (χ1) is 9.54. The van der Waals surface area contributed by atoms with Crippen LogP contribution in [0.25, 0.3) is 0 Å². The van der Waals surface area contributed by atoms with Gasteiger partial charge in [-0.1, -0.05) is 31.4 Å². The summed E-state index contributed by atoms with van der Waals surface area (Å²) in [6.45, 7) is 2.84. The zero-order valence-electron chi connectivity index (χ0n) is 12.2. The number of rotatable bonds is 4. The van der Waals surface area contributed by atoms with E-state index in [-0.39, 0.29) is 11.9 Å². The zero-order chi connectivity index (χ0) is 14.7. The Morgan fingerprint density at radius 1 is 1.50 bits per heavy atom. The monoisotopic (exact) mass is 298 g/mol. The van der Waals surface area contributed by atoms with Gasteiger partial charge in [-0.15, -0.1) is 0 Å². The minimum absolute atomic E-state index is 0.0590. The molecule has 1 aliphatic rings. The lowest BCUT2D eigenvalue weighted by molar-refractivity contribution is 0.0261. The first kappa shape index (κ1) is 15.4. The molecule has 0 aliphatic heterocycles. The number of aliphatic hydroxyl groups excluding tert-OH is 1. The van der Waals surface area contributed by atoms with E-state index >= 15 is 0 Å². The summed E-state index contributed by atoms with van der Waals surface area (Å²) in [5, 5.41) is 10.7. The summed E-state index contributed by atoms with van der Waals surface area (Å²) in [6.07, 6.45) is 6.07. The highest BCUT2D eigenvalue weighted by Crippen LogP contribution is 2.24. The van der Waals surface area contributed by atoms with E-state index in [9.17, 15) is 9.90 Å². The Labute approximate surface area is 125 Å². The molecule has 1 aromatic heterocycles. The maximum Gasteiger partial charge on any atom is 0.270 e. The number of carbonyl (C=O) groups excluding carboxylic acids is 1. The van der Waals surface area contributed by atoms with Crippen LogP contribution < -0.4 is 0 Å². The molecule has 0 radical (unpaired) electrons. The van der Waals surface area contributed by atoms with Crippen molar-refractivity contribution in [1.29, 1.82) is 0 Å². The first-order valence-electron chi connectivity index (χ1n) is 7.35. The van der Waals surface area contributed by atoms with E-state index in [1.165, 1.54) is 0 Å². The Morgan fingerprint density at radius 3 is 2.85 bits per heavy atom. The fraction of sp³-hybridized carbons (Fsp3) is 0.667. The van der Waals surface area contributed by atoms with Gasteiger partial charge in [-0.05, 0) is 25.3 Å². The molecule has 1 fully saturated rings. The molecule has 4 nitrogen and oxygen atoms in total. The van der Waals surface area contributed by atoms with E-state index in [4.69, 9.17) is 11.6 Å². The third-order valence-corrected chi connectivity index (χ3v) is 4.27. The lowest BCUT2D eigenvalue weighted by atomic mass is 9.91. The van der Waals surface area contributed by atoms with Crippen molar-refractivity contribution in [3.05, 3.63) is 23.0 Å². The summed E-state index contributed by atoms with van der Waals surface area (Å²) in [5.41, 5.74) is 0.608. The largest absolute Gasteiger partial charge is 0.391 e. The molecule has 5 heteroatoms. The van der Waals surface area contributed by atoms with Crippen molar-refractivity contribution in [2.24, 2.45) is 0 Å². The molecule has 1 N–H and O–H groups in total. The second kappa shape index (κ2) is 6.64. The molecular weight excluding hydrogens is 276 g/mol. The second-order valence-electron chi connectivity index (χ2n) is 5.57. The summed E-state index contributed by atoms with van der Waals surface area (Å²) in [4.78, 5) is 14.3. The summed E-state index contributed by atoms with van der Waals surface area (Å²) >= 11 is 6.02. The summed E-state index contributed by atoms with van der Waals surface area (Å²) in [5.74, 6) is -0.0590. The highest BCUT2D eigenvalue weighted by molar-refractivity contribution is 6.31. The number of aromatic nitrogens is 1. The van der Waals surface area contributed by atoms with Crippen LogP contribution in [0.3, 0.4) is 0 Å². The van der Waals surface area contributed by atoms with Crippen LogP contribution in [0, 0.1) is 0 Å². The SMILES string of the molecule is CCCn1cc(Cl)cc1C(=O)N(C)C1CCCCC1O. The van der Waals surface area contributed by atoms with Gasteiger partial charge in [0.1, 0.15) is 5.69 Å². The Bertz CT molecular complexity index is 472. The van der Waals surface area contributed by atoms with Crippen LogP contribution in [0.5, 0.6) is 0 Å². The molecule has 1 saturated carbocycles. The van der Waals surface area contributed by atoms with Gasteiger partial charge in [-0.3, -0.25) is 4.79 Å². The smallest absolute Gasteiger partial charge is 0.270 e. The number of aliphatic hydroxyl groups is 1. The Hall–Kier alpha value is -1.00. The molecule has 0 spiro atoms. The Balaban J connectivity index is 2.17. The molecule has 112 valence electrons. The van der Waals surface area contributed by atoms with E-state index in [1.54, 1.807) is 24.2 Å². The third kappa shape index (κ3) is 3.18. The third-order valence-electron chi connectivity index (χ3n) is 4.06. The van der Waals surface area contributed by atoms with Crippen LogP contribution in [-0.2, 0) is 6.54 Å². The van der Waals surface area contributed by atoms with Crippen LogP contribution in [-0.4, -0.2) is 39.7 Å². The van der Waals surface area contributed by atoms with E-state index in [1.807, 2.05) is 4.57 Å². The van der Waals surface area contributed by atoms with Crippen molar-refractivity contribution in [2.45, 2.75) is 57.7 Å². The van der Waals surface area contributed by atoms with E-state index < -0.39 is 6.10 Å². The van der Waals surface area contributed by atoms with Crippen molar-refractivity contribution in [2.75, 3.05) is 7.05 Å².